The Bertz CT molecular complexity index is 791. The maximum absolute atomic E-state index is 12.6. The zero-order chi connectivity index (χ0) is 21.2. The van der Waals surface area contributed by atoms with Crippen molar-refractivity contribution in [3.63, 3.8) is 0 Å². The molecular weight excluding hydrogens is 384 g/mol. The lowest BCUT2D eigenvalue weighted by atomic mass is 9.64. The van der Waals surface area contributed by atoms with Gasteiger partial charge in [0.1, 0.15) is 16.7 Å². The number of amides is 1. The number of nitrogens with two attached hydrogens (primary N) is 1. The van der Waals surface area contributed by atoms with Gasteiger partial charge in [-0.1, -0.05) is 31.5 Å². The Morgan fingerprint density at radius 1 is 1.28 bits per heavy atom. The van der Waals surface area contributed by atoms with Crippen LogP contribution in [0.15, 0.2) is 28.8 Å². The first-order chi connectivity index (χ1) is 13.7. The number of nitrogens with zero attached hydrogens (tertiary/aromatic N) is 2. The van der Waals surface area contributed by atoms with Crippen molar-refractivity contribution < 1.29 is 4.79 Å². The van der Waals surface area contributed by atoms with E-state index in [1.54, 1.807) is 6.21 Å². The molecule has 1 aromatic rings. The number of aliphatic imine (C=N–C) groups is 1. The summed E-state index contributed by atoms with van der Waals surface area (Å²) in [7, 11) is 0. The van der Waals surface area contributed by atoms with E-state index in [1.165, 1.54) is 5.56 Å². The highest BCUT2D eigenvalue weighted by molar-refractivity contribution is 6.24. The van der Waals surface area contributed by atoms with Crippen molar-refractivity contribution in [1.29, 1.82) is 0 Å². The van der Waals surface area contributed by atoms with Crippen molar-refractivity contribution in [3.8, 4) is 0 Å². The number of anilines is 1. The van der Waals surface area contributed by atoms with E-state index in [0.717, 1.165) is 49.3 Å². The van der Waals surface area contributed by atoms with Gasteiger partial charge in [-0.2, -0.15) is 0 Å². The lowest BCUT2D eigenvalue weighted by molar-refractivity contribution is -0.128. The van der Waals surface area contributed by atoms with Gasteiger partial charge in [0.25, 0.3) is 0 Å². The van der Waals surface area contributed by atoms with Crippen LogP contribution >= 0.6 is 11.6 Å². The molecule has 0 aromatic carbocycles. The average molecular weight is 417 g/mol. The average Bonchev–Trinajstić information content (AvgIpc) is 2.66. The Balaban J connectivity index is 1.66. The van der Waals surface area contributed by atoms with Crippen molar-refractivity contribution in [1.82, 2.24) is 4.98 Å². The first kappa shape index (κ1) is 21.8. The van der Waals surface area contributed by atoms with Crippen molar-refractivity contribution in [3.05, 3.63) is 35.0 Å². The van der Waals surface area contributed by atoms with Crippen molar-refractivity contribution in [2.24, 2.45) is 33.9 Å². The van der Waals surface area contributed by atoms with E-state index in [4.69, 9.17) is 17.3 Å². The maximum Gasteiger partial charge on any atom is 0.231 e. The van der Waals surface area contributed by atoms with Gasteiger partial charge in [0.2, 0.25) is 5.91 Å². The molecular formula is C23H33ClN4O. The van der Waals surface area contributed by atoms with Crippen LogP contribution in [0, 0.1) is 37.0 Å². The summed E-state index contributed by atoms with van der Waals surface area (Å²) in [6, 6.07) is 4.16. The quantitative estimate of drug-likeness (QED) is 0.524. The van der Waals surface area contributed by atoms with Crippen LogP contribution in [0.4, 0.5) is 5.82 Å². The number of aromatic nitrogens is 1. The fraction of sp³-hybridized carbons (Fsp3) is 0.609. The number of aryl methyl sites for hydroxylation is 2. The van der Waals surface area contributed by atoms with E-state index >= 15 is 0 Å². The van der Waals surface area contributed by atoms with Crippen molar-refractivity contribution in [2.45, 2.75) is 58.9 Å². The second-order valence-corrected chi connectivity index (χ2v) is 9.39. The van der Waals surface area contributed by atoms with Crippen LogP contribution in [0.2, 0.25) is 0 Å². The molecule has 0 saturated heterocycles. The lowest BCUT2D eigenvalue weighted by Gasteiger charge is -2.43. The van der Waals surface area contributed by atoms with Gasteiger partial charge in [0.15, 0.2) is 0 Å². The molecule has 3 rings (SSSR count). The van der Waals surface area contributed by atoms with Crippen LogP contribution in [0.1, 0.15) is 50.8 Å². The zero-order valence-electron chi connectivity index (χ0n) is 17.9. The van der Waals surface area contributed by atoms with Crippen LogP contribution < -0.4 is 11.1 Å². The molecule has 3 N–H and O–H groups in total. The largest absolute Gasteiger partial charge is 0.370 e. The molecule has 0 bridgehead atoms. The summed E-state index contributed by atoms with van der Waals surface area (Å²) in [6.45, 7) is 9.19. The number of dihydropyridines is 1. The summed E-state index contributed by atoms with van der Waals surface area (Å²) in [4.78, 5) is 21.6. The number of nitrogens with one attached hydrogen (secondary N) is 1. The van der Waals surface area contributed by atoms with Gasteiger partial charge in [-0.15, -0.1) is 0 Å². The minimum absolute atomic E-state index is 0.129. The third-order valence-corrected chi connectivity index (χ3v) is 6.91. The predicted octanol–water partition coefficient (Wildman–Crippen LogP) is 4.62. The molecule has 1 amide bonds. The highest BCUT2D eigenvalue weighted by Gasteiger charge is 2.50. The molecule has 0 radical (unpaired) electrons. The molecule has 1 aromatic heterocycles. The van der Waals surface area contributed by atoms with Gasteiger partial charge in [-0.3, -0.25) is 9.79 Å². The highest BCUT2D eigenvalue weighted by Crippen LogP contribution is 2.48. The normalized spacial score (nSPS) is 29.6. The Labute approximate surface area is 179 Å². The number of pyridine rings is 1. The second kappa shape index (κ2) is 8.86. The molecule has 158 valence electrons. The molecule has 0 spiro atoms. The Hall–Kier alpha value is -1.88. The first-order valence-electron chi connectivity index (χ1n) is 10.6. The fourth-order valence-corrected chi connectivity index (χ4v) is 5.10. The van der Waals surface area contributed by atoms with E-state index in [-0.39, 0.29) is 17.7 Å². The SMILES string of the molecule is Cc1cc(C)nc(NCC2CCC(C3(C(N)=O)C=C(C(C)C)C=NC3Cl)CC2)c1. The molecule has 2 unspecified atom stereocenters. The standard InChI is InChI=1S/C23H33ClN4O/c1-14(2)18-11-23(22(25)29,21(24)27-13-18)19-7-5-17(6-8-19)12-26-20-10-15(3)9-16(4)28-20/h9-11,13-14,17,19,21H,5-8,12H2,1-4H3,(H2,25,29)(H,26,28). The smallest absolute Gasteiger partial charge is 0.231 e. The van der Waals surface area contributed by atoms with Gasteiger partial charge < -0.3 is 11.1 Å². The Morgan fingerprint density at radius 3 is 2.55 bits per heavy atom. The molecule has 29 heavy (non-hydrogen) atoms. The zero-order valence-corrected chi connectivity index (χ0v) is 18.7. The minimum Gasteiger partial charge on any atom is -0.370 e. The van der Waals surface area contributed by atoms with Crippen molar-refractivity contribution in [2.75, 3.05) is 11.9 Å². The first-order valence-corrected chi connectivity index (χ1v) is 11.0. The van der Waals surface area contributed by atoms with E-state index in [1.807, 2.05) is 13.0 Å². The van der Waals surface area contributed by atoms with Crippen LogP contribution in [0.5, 0.6) is 0 Å². The number of hydrogen-bond donors (Lipinski definition) is 2. The molecule has 2 aliphatic rings. The maximum atomic E-state index is 12.6. The lowest BCUT2D eigenvalue weighted by Crippen LogP contribution is -2.50. The molecule has 1 aliphatic heterocycles. The summed E-state index contributed by atoms with van der Waals surface area (Å²) >= 11 is 6.58. The summed E-state index contributed by atoms with van der Waals surface area (Å²) in [5, 5.41) is 3.49. The number of allylic oxidation sites excluding steroid dienone is 1. The van der Waals surface area contributed by atoms with E-state index < -0.39 is 10.9 Å². The van der Waals surface area contributed by atoms with Gasteiger partial charge in [0.05, 0.1) is 0 Å². The summed E-state index contributed by atoms with van der Waals surface area (Å²) in [6.07, 6.45) is 7.75. The molecule has 1 saturated carbocycles. The molecule has 1 aliphatic carbocycles. The number of primary amides is 1. The topological polar surface area (TPSA) is 80.4 Å². The number of carbonyl (C=O) groups excluding carboxylic acids is 1. The number of hydrogen-bond acceptors (Lipinski definition) is 4. The van der Waals surface area contributed by atoms with Crippen molar-refractivity contribution >= 4 is 29.5 Å². The van der Waals surface area contributed by atoms with E-state index in [0.29, 0.717) is 5.92 Å². The fourth-order valence-electron chi connectivity index (χ4n) is 4.70. The minimum atomic E-state index is -0.885. The van der Waals surface area contributed by atoms with Crippen LogP contribution in [-0.4, -0.2) is 29.2 Å². The second-order valence-electron chi connectivity index (χ2n) is 8.98. The molecule has 6 heteroatoms. The molecule has 5 nitrogen and oxygen atoms in total. The monoisotopic (exact) mass is 416 g/mol. The number of rotatable bonds is 6. The van der Waals surface area contributed by atoms with Crippen LogP contribution in [-0.2, 0) is 4.79 Å². The van der Waals surface area contributed by atoms with Gasteiger partial charge >= 0.3 is 0 Å². The van der Waals surface area contributed by atoms with Gasteiger partial charge in [0, 0.05) is 18.5 Å². The summed E-state index contributed by atoms with van der Waals surface area (Å²) in [5.74, 6) is 1.55. The highest BCUT2D eigenvalue weighted by atomic mass is 35.5. The summed E-state index contributed by atoms with van der Waals surface area (Å²) < 4.78 is 0. The van der Waals surface area contributed by atoms with Gasteiger partial charge in [-0.25, -0.2) is 4.98 Å². The molecule has 2 atom stereocenters. The number of alkyl halides is 1. The van der Waals surface area contributed by atoms with E-state index in [2.05, 4.69) is 48.2 Å². The Kier molecular flexibility index (Phi) is 6.67. The van der Waals surface area contributed by atoms with Gasteiger partial charge in [-0.05, 0) is 80.6 Å². The number of halogens is 1. The van der Waals surface area contributed by atoms with Crippen LogP contribution in [0.25, 0.3) is 0 Å². The third kappa shape index (κ3) is 4.66. The Morgan fingerprint density at radius 2 is 1.97 bits per heavy atom. The van der Waals surface area contributed by atoms with Crippen LogP contribution in [0.3, 0.4) is 0 Å². The molecule has 1 fully saturated rings. The third-order valence-electron chi connectivity index (χ3n) is 6.44. The number of carbonyl (C=O) groups is 1. The summed E-state index contributed by atoms with van der Waals surface area (Å²) in [5.41, 5.74) is 7.70. The molecule has 2 heterocycles. The predicted molar refractivity (Wildman–Crippen MR) is 120 cm³/mol. The van der Waals surface area contributed by atoms with E-state index in [9.17, 15) is 4.79 Å².